The highest BCUT2D eigenvalue weighted by molar-refractivity contribution is 5.60. The first-order valence-corrected chi connectivity index (χ1v) is 6.67. The Morgan fingerprint density at radius 1 is 1.26 bits per heavy atom. The summed E-state index contributed by atoms with van der Waals surface area (Å²) in [5.74, 6) is 0. The van der Waals surface area contributed by atoms with Crippen LogP contribution in [0.15, 0.2) is 24.3 Å². The molecule has 1 saturated heterocycles. The van der Waals surface area contributed by atoms with E-state index in [0.717, 1.165) is 18.8 Å². The van der Waals surface area contributed by atoms with E-state index in [2.05, 4.69) is 33.9 Å². The summed E-state index contributed by atoms with van der Waals surface area (Å²) in [5.41, 5.74) is 2.02. The van der Waals surface area contributed by atoms with Crippen molar-refractivity contribution >= 4 is 6.21 Å². The minimum atomic E-state index is 0. The molecule has 2 aliphatic rings. The van der Waals surface area contributed by atoms with Crippen molar-refractivity contribution in [1.82, 2.24) is 4.90 Å². The molecule has 0 spiro atoms. The second-order valence-electron chi connectivity index (χ2n) is 5.22. The van der Waals surface area contributed by atoms with Crippen molar-refractivity contribution < 1.29 is 21.6 Å². The third kappa shape index (κ3) is 3.23. The van der Waals surface area contributed by atoms with Gasteiger partial charge in [-0.05, 0) is 25.0 Å². The van der Waals surface area contributed by atoms with E-state index in [1.165, 1.54) is 31.4 Å². The fraction of sp³-hybridized carbons (Fsp3) is 0.467. The van der Waals surface area contributed by atoms with E-state index in [9.17, 15) is 0 Å². The summed E-state index contributed by atoms with van der Waals surface area (Å²) in [6, 6.07) is 10.7. The van der Waals surface area contributed by atoms with Crippen molar-refractivity contribution in [2.75, 3.05) is 13.2 Å². The summed E-state index contributed by atoms with van der Waals surface area (Å²) in [6.45, 7) is 3.26. The molecule has 0 amide bonds. The highest BCUT2D eigenvalue weighted by atomic mass is 79.9. The van der Waals surface area contributed by atoms with Crippen molar-refractivity contribution in [3.8, 4) is 6.07 Å². The molecule has 100 valence electrons. The largest absolute Gasteiger partial charge is 1.00 e. The van der Waals surface area contributed by atoms with E-state index >= 15 is 0 Å². The second kappa shape index (κ2) is 6.31. The molecule has 0 aromatic heterocycles. The number of hydrogen-bond acceptors (Lipinski definition) is 2. The average molecular weight is 320 g/mol. The highest BCUT2D eigenvalue weighted by Gasteiger charge is 2.32. The lowest BCUT2D eigenvalue weighted by Crippen LogP contribution is -3.00. The van der Waals surface area contributed by atoms with E-state index in [-0.39, 0.29) is 17.0 Å². The van der Waals surface area contributed by atoms with E-state index in [1.807, 2.05) is 12.1 Å². The molecule has 1 aromatic carbocycles. The zero-order chi connectivity index (χ0) is 12.4. The Morgan fingerprint density at radius 3 is 2.74 bits per heavy atom. The summed E-state index contributed by atoms with van der Waals surface area (Å²) in [5, 5.41) is 8.78. The van der Waals surface area contributed by atoms with Gasteiger partial charge in [-0.3, -0.25) is 0 Å². The van der Waals surface area contributed by atoms with Crippen LogP contribution in [-0.2, 0) is 6.54 Å². The number of halogens is 1. The zero-order valence-electron chi connectivity index (χ0n) is 10.9. The number of rotatable bonds is 2. The monoisotopic (exact) mass is 319 g/mol. The molecule has 3 nitrogen and oxygen atoms in total. The highest BCUT2D eigenvalue weighted by Crippen LogP contribution is 2.19. The second-order valence-corrected chi connectivity index (χ2v) is 5.22. The Morgan fingerprint density at radius 2 is 2.05 bits per heavy atom. The summed E-state index contributed by atoms with van der Waals surface area (Å²) < 4.78 is 2.40. The molecule has 1 aromatic rings. The average Bonchev–Trinajstić information content (AvgIpc) is 2.82. The number of benzene rings is 1. The van der Waals surface area contributed by atoms with Crippen LogP contribution in [0.3, 0.4) is 0 Å². The van der Waals surface area contributed by atoms with Crippen LogP contribution in [0.2, 0.25) is 0 Å². The topological polar surface area (TPSA) is 30.0 Å². The molecule has 3 rings (SSSR count). The van der Waals surface area contributed by atoms with Crippen LogP contribution >= 0.6 is 0 Å². The SMILES string of the molecule is N#Cc1ccc(C[N+]2=CC3CCCCN3C2)cc1.[Br-]. The molecule has 0 N–H and O–H groups in total. The van der Waals surface area contributed by atoms with Gasteiger partial charge in [-0.25, -0.2) is 9.48 Å². The van der Waals surface area contributed by atoms with E-state index in [0.29, 0.717) is 6.04 Å². The Kier molecular flexibility index (Phi) is 4.73. The number of nitrogens with zero attached hydrogens (tertiary/aromatic N) is 3. The molecule has 1 unspecified atom stereocenters. The maximum absolute atomic E-state index is 8.78. The number of hydrogen-bond donors (Lipinski definition) is 0. The molecule has 1 fully saturated rings. The van der Waals surface area contributed by atoms with Gasteiger partial charge >= 0.3 is 0 Å². The molecule has 0 aliphatic carbocycles. The predicted octanol–water partition coefficient (Wildman–Crippen LogP) is -1.03. The Labute approximate surface area is 124 Å². The van der Waals surface area contributed by atoms with Crippen LogP contribution in [0, 0.1) is 11.3 Å². The van der Waals surface area contributed by atoms with Crippen molar-refractivity contribution in [3.63, 3.8) is 0 Å². The predicted molar refractivity (Wildman–Crippen MR) is 70.4 cm³/mol. The van der Waals surface area contributed by atoms with Gasteiger partial charge in [0.25, 0.3) is 0 Å². The molecular weight excluding hydrogens is 302 g/mol. The lowest BCUT2D eigenvalue weighted by molar-refractivity contribution is -0.547. The summed E-state index contributed by atoms with van der Waals surface area (Å²) in [4.78, 5) is 2.56. The molecule has 1 atom stereocenters. The maximum atomic E-state index is 8.78. The van der Waals surface area contributed by atoms with Crippen molar-refractivity contribution in [2.24, 2.45) is 0 Å². The van der Waals surface area contributed by atoms with Crippen LogP contribution in [0.25, 0.3) is 0 Å². The maximum Gasteiger partial charge on any atom is 0.199 e. The van der Waals surface area contributed by atoms with Gasteiger partial charge in [0.15, 0.2) is 19.4 Å². The van der Waals surface area contributed by atoms with Crippen LogP contribution in [-0.4, -0.2) is 34.9 Å². The number of nitriles is 1. The zero-order valence-corrected chi connectivity index (χ0v) is 12.5. The molecule has 0 radical (unpaired) electrons. The van der Waals surface area contributed by atoms with Gasteiger partial charge in [-0.1, -0.05) is 18.6 Å². The number of piperidine rings is 1. The third-order valence-electron chi connectivity index (χ3n) is 3.88. The van der Waals surface area contributed by atoms with Crippen LogP contribution in [0.5, 0.6) is 0 Å². The summed E-state index contributed by atoms with van der Waals surface area (Å²) in [6.07, 6.45) is 6.40. The smallest absolute Gasteiger partial charge is 0.199 e. The summed E-state index contributed by atoms with van der Waals surface area (Å²) >= 11 is 0. The first kappa shape index (κ1) is 14.2. The molecule has 0 saturated carbocycles. The van der Waals surface area contributed by atoms with Crippen molar-refractivity contribution in [1.29, 1.82) is 5.26 Å². The quantitative estimate of drug-likeness (QED) is 0.653. The minimum absolute atomic E-state index is 0. The molecule has 19 heavy (non-hydrogen) atoms. The van der Waals surface area contributed by atoms with Crippen LogP contribution < -0.4 is 17.0 Å². The Bertz CT molecular complexity index is 501. The standard InChI is InChI=1S/C15H18N3.BrH/c16-9-13-4-6-14(7-5-13)10-17-11-15-3-1-2-8-18(15)12-17;/h4-7,11,15H,1-3,8,10,12H2;1H/q+1;/p-1. The van der Waals surface area contributed by atoms with Gasteiger partial charge in [-0.2, -0.15) is 5.26 Å². The van der Waals surface area contributed by atoms with Crippen molar-refractivity contribution in [2.45, 2.75) is 31.8 Å². The lowest BCUT2D eigenvalue weighted by Gasteiger charge is -2.24. The van der Waals surface area contributed by atoms with Gasteiger partial charge in [0.05, 0.1) is 17.7 Å². The van der Waals surface area contributed by atoms with E-state index in [1.54, 1.807) is 0 Å². The van der Waals surface area contributed by atoms with Gasteiger partial charge in [-0.15, -0.1) is 0 Å². The molecule has 2 aliphatic heterocycles. The van der Waals surface area contributed by atoms with Crippen LogP contribution in [0.4, 0.5) is 0 Å². The van der Waals surface area contributed by atoms with E-state index < -0.39 is 0 Å². The molecule has 0 bridgehead atoms. The van der Waals surface area contributed by atoms with E-state index in [4.69, 9.17) is 5.26 Å². The lowest BCUT2D eigenvalue weighted by atomic mass is 10.1. The Hall–Kier alpha value is -1.18. The van der Waals surface area contributed by atoms with Gasteiger partial charge in [0.1, 0.15) is 0 Å². The molecule has 2 heterocycles. The normalized spacial score (nSPS) is 22.1. The molecule has 4 heteroatoms. The first-order valence-electron chi connectivity index (χ1n) is 6.67. The molecular formula is C15H18BrN3. The van der Waals surface area contributed by atoms with Crippen molar-refractivity contribution in [3.05, 3.63) is 35.4 Å². The fourth-order valence-electron chi connectivity index (χ4n) is 2.91. The first-order chi connectivity index (χ1) is 8.85. The number of fused-ring (bicyclic) bond motifs is 1. The van der Waals surface area contributed by atoms with Gasteiger partial charge < -0.3 is 17.0 Å². The third-order valence-corrected chi connectivity index (χ3v) is 3.88. The minimum Gasteiger partial charge on any atom is -1.00 e. The fourth-order valence-corrected chi connectivity index (χ4v) is 2.91. The summed E-state index contributed by atoms with van der Waals surface area (Å²) in [7, 11) is 0. The van der Waals surface area contributed by atoms with Gasteiger partial charge in [0, 0.05) is 12.1 Å². The van der Waals surface area contributed by atoms with Gasteiger partial charge in [0.2, 0.25) is 0 Å². The Balaban J connectivity index is 0.00000133. The van der Waals surface area contributed by atoms with Crippen LogP contribution in [0.1, 0.15) is 30.4 Å².